The number of phosphoric ester groups is 1. The molecule has 0 aliphatic carbocycles. The predicted octanol–water partition coefficient (Wildman–Crippen LogP) is 8.34. The smallest absolute Gasteiger partial charge is 0.472 e. The molecule has 2 aliphatic heterocycles. The average Bonchev–Trinajstić information content (AvgIpc) is 3.98. The minimum atomic E-state index is -4.81. The van der Waals surface area contributed by atoms with Crippen molar-refractivity contribution in [3.8, 4) is 11.5 Å². The van der Waals surface area contributed by atoms with Gasteiger partial charge in [-0.3, -0.25) is 4.79 Å². The molecule has 67 heavy (non-hydrogen) atoms. The number of nitrogens with zero attached hydrogens (tertiary/aromatic N) is 1. The zero-order valence-electron chi connectivity index (χ0n) is 38.7. The second-order valence-corrected chi connectivity index (χ2v) is 19.5. The highest BCUT2D eigenvalue weighted by Crippen LogP contribution is 2.47. The van der Waals surface area contributed by atoms with Crippen molar-refractivity contribution in [1.82, 2.24) is 5.32 Å². The van der Waals surface area contributed by atoms with Gasteiger partial charge in [0.05, 0.1) is 32.3 Å². The predicted molar refractivity (Wildman–Crippen MR) is 260 cm³/mol. The van der Waals surface area contributed by atoms with Crippen molar-refractivity contribution in [1.29, 1.82) is 0 Å². The van der Waals surface area contributed by atoms with E-state index in [9.17, 15) is 24.3 Å². The number of aliphatic hydroxyl groups excluding tert-OH is 1. The van der Waals surface area contributed by atoms with Crippen molar-refractivity contribution in [2.75, 3.05) is 59.3 Å². The number of likely N-dealkylation sites (tertiary alicyclic amines) is 1. The van der Waals surface area contributed by atoms with Gasteiger partial charge in [-0.15, -0.1) is 0 Å². The lowest BCUT2D eigenvalue weighted by Crippen LogP contribution is -2.52. The van der Waals surface area contributed by atoms with Gasteiger partial charge in [0.15, 0.2) is 6.79 Å². The van der Waals surface area contributed by atoms with Gasteiger partial charge in [-0.2, -0.15) is 0 Å². The first-order valence-electron chi connectivity index (χ1n) is 24.0. The number of nitrogens with two attached hydrogens (primary N) is 1. The molecular formula is C54H69N3O9P+. The van der Waals surface area contributed by atoms with E-state index in [1.165, 1.54) is 16.7 Å². The highest BCUT2D eigenvalue weighted by molar-refractivity contribution is 7.46. The standard InChI is InChI=1S/C54H68N3O9P/c55-53(59)54(47-19-8-4-9-20-47,48-21-10-5-11-22-48)49-28-32-57(40-49,31-27-43-23-25-51-45(36-43)29-35-64-51)39-46-37-44(24-26-52(46)65-41-66-67(60,61)62)50(58)38-56-30-13-1-2-14-33-63-34-15-12-18-42-16-6-3-7-17-42/h3-11,16-17,19-26,36-37,49-50,56,58H,1-2,12-15,18,27-35,38-41H2,(H3-,55,59,60,61,62)/p+1/t49-,50?,57?/m1/s1. The van der Waals surface area contributed by atoms with Gasteiger partial charge in [-0.05, 0) is 90.2 Å². The Balaban J connectivity index is 1.04. The Labute approximate surface area is 396 Å². The van der Waals surface area contributed by atoms with Crippen LogP contribution >= 0.6 is 7.82 Å². The average molecular weight is 935 g/mol. The van der Waals surface area contributed by atoms with E-state index in [0.717, 1.165) is 113 Å². The van der Waals surface area contributed by atoms with Crippen molar-refractivity contribution in [2.24, 2.45) is 11.7 Å². The summed E-state index contributed by atoms with van der Waals surface area (Å²) in [7, 11) is -4.81. The molecule has 0 saturated carbocycles. The molecule has 2 aliphatic rings. The Kier molecular flexibility index (Phi) is 18.2. The molecule has 7 rings (SSSR count). The number of aryl methyl sites for hydroxylation is 1. The maximum absolute atomic E-state index is 14.2. The molecule has 2 heterocycles. The third-order valence-electron chi connectivity index (χ3n) is 13.6. The number of fused-ring (bicyclic) bond motifs is 1. The monoisotopic (exact) mass is 934 g/mol. The molecule has 2 unspecified atom stereocenters. The fourth-order valence-corrected chi connectivity index (χ4v) is 10.4. The van der Waals surface area contributed by atoms with Crippen molar-refractivity contribution in [3.63, 3.8) is 0 Å². The van der Waals surface area contributed by atoms with Crippen molar-refractivity contribution in [3.05, 3.63) is 166 Å². The van der Waals surface area contributed by atoms with Crippen molar-refractivity contribution >= 4 is 13.7 Å². The summed E-state index contributed by atoms with van der Waals surface area (Å²) in [6, 6.07) is 42.1. The molecular weight excluding hydrogens is 866 g/mol. The van der Waals surface area contributed by atoms with E-state index in [2.05, 4.69) is 47.8 Å². The maximum Gasteiger partial charge on any atom is 0.472 e. The summed E-state index contributed by atoms with van der Waals surface area (Å²) in [5, 5.41) is 15.0. The molecule has 0 radical (unpaired) electrons. The summed E-state index contributed by atoms with van der Waals surface area (Å²) >= 11 is 0. The van der Waals surface area contributed by atoms with Gasteiger partial charge >= 0.3 is 7.82 Å². The van der Waals surface area contributed by atoms with E-state index in [4.69, 9.17) is 24.5 Å². The summed E-state index contributed by atoms with van der Waals surface area (Å²) < 4.78 is 34.6. The fraction of sp³-hybridized carbons (Fsp3) is 0.426. The number of primary amides is 1. The van der Waals surface area contributed by atoms with Crippen molar-refractivity contribution in [2.45, 2.75) is 82.3 Å². The number of phosphoric acid groups is 1. The molecule has 3 atom stereocenters. The molecule has 358 valence electrons. The van der Waals surface area contributed by atoms with Gasteiger partial charge in [0.2, 0.25) is 5.91 Å². The van der Waals surface area contributed by atoms with Crippen LogP contribution < -0.4 is 20.5 Å². The Hall–Kier alpha value is -4.88. The maximum atomic E-state index is 14.2. The lowest BCUT2D eigenvalue weighted by Gasteiger charge is -2.40. The van der Waals surface area contributed by atoms with Crippen LogP contribution in [0.5, 0.6) is 11.5 Å². The first-order valence-corrected chi connectivity index (χ1v) is 25.5. The summed E-state index contributed by atoms with van der Waals surface area (Å²) in [5.41, 5.74) is 12.4. The van der Waals surface area contributed by atoms with Crippen LogP contribution in [0.1, 0.15) is 90.0 Å². The minimum absolute atomic E-state index is 0.175. The zero-order valence-corrected chi connectivity index (χ0v) is 39.6. The van der Waals surface area contributed by atoms with Gasteiger partial charge in [-0.1, -0.05) is 122 Å². The highest BCUT2D eigenvalue weighted by Gasteiger charge is 2.54. The summed E-state index contributed by atoms with van der Waals surface area (Å²) in [4.78, 5) is 33.1. The number of nitrogens with one attached hydrogen (secondary N) is 1. The molecule has 12 nitrogen and oxygen atoms in total. The lowest BCUT2D eigenvalue weighted by molar-refractivity contribution is -0.931. The number of unbranched alkanes of at least 4 members (excludes halogenated alkanes) is 4. The zero-order chi connectivity index (χ0) is 47.0. The minimum Gasteiger partial charge on any atom is -0.493 e. The fourth-order valence-electron chi connectivity index (χ4n) is 10.2. The summed E-state index contributed by atoms with van der Waals surface area (Å²) in [6.07, 6.45) is 8.97. The lowest BCUT2D eigenvalue weighted by atomic mass is 9.64. The van der Waals surface area contributed by atoms with Gasteiger partial charge < -0.3 is 44.6 Å². The molecule has 13 heteroatoms. The third kappa shape index (κ3) is 13.9. The van der Waals surface area contributed by atoms with E-state index in [1.54, 1.807) is 12.1 Å². The van der Waals surface area contributed by atoms with Gasteiger partial charge in [0, 0.05) is 50.5 Å². The van der Waals surface area contributed by atoms with Crippen LogP contribution in [-0.2, 0) is 49.8 Å². The normalized spacial score (nSPS) is 17.5. The molecule has 1 saturated heterocycles. The number of carbonyl (C=O) groups excluding carboxylic acids is 1. The van der Waals surface area contributed by atoms with E-state index in [-0.39, 0.29) is 5.92 Å². The number of quaternary nitrogens is 1. The molecule has 6 N–H and O–H groups in total. The van der Waals surface area contributed by atoms with Crippen LogP contribution in [-0.4, -0.2) is 84.6 Å². The molecule has 0 bridgehead atoms. The second-order valence-electron chi connectivity index (χ2n) is 18.2. The van der Waals surface area contributed by atoms with Crippen molar-refractivity contribution < 1.29 is 47.5 Å². The number of benzene rings is 5. The van der Waals surface area contributed by atoms with Gasteiger partial charge in [-0.25, -0.2) is 9.09 Å². The first-order chi connectivity index (χ1) is 32.5. The number of aliphatic hydroxyl groups is 1. The quantitative estimate of drug-likeness (QED) is 0.0142. The van der Waals surface area contributed by atoms with Crippen LogP contribution in [0.3, 0.4) is 0 Å². The number of carbonyl (C=O) groups is 1. The number of ether oxygens (including phenoxy) is 3. The van der Waals surface area contributed by atoms with Crippen LogP contribution in [0.2, 0.25) is 0 Å². The second kappa shape index (κ2) is 24.4. The van der Waals surface area contributed by atoms with Gasteiger partial charge in [0.25, 0.3) is 0 Å². The topological polar surface area (TPSA) is 170 Å². The third-order valence-corrected chi connectivity index (χ3v) is 14.1. The Bertz CT molecular complexity index is 2310. The van der Waals surface area contributed by atoms with E-state index in [1.807, 2.05) is 72.8 Å². The Morgan fingerprint density at radius 3 is 2.21 bits per heavy atom. The molecule has 1 amide bonds. The molecule has 5 aromatic rings. The largest absolute Gasteiger partial charge is 0.493 e. The Morgan fingerprint density at radius 2 is 1.51 bits per heavy atom. The molecule has 0 aromatic heterocycles. The molecule has 5 aromatic carbocycles. The van der Waals surface area contributed by atoms with Crippen LogP contribution in [0.15, 0.2) is 127 Å². The van der Waals surface area contributed by atoms with Crippen LogP contribution in [0.25, 0.3) is 0 Å². The van der Waals surface area contributed by atoms with E-state index < -0.39 is 32.0 Å². The number of rotatable bonds is 28. The SMILES string of the molecule is NC(=O)C(c1ccccc1)(c1ccccc1)[C@@H]1CC[N+](CCc2ccc3c(c2)CCO3)(Cc2cc(C(O)CNCCCCCCOCCCCc3ccccc3)ccc2OCOP(=O)(O)O)C1. The summed E-state index contributed by atoms with van der Waals surface area (Å²) in [6.45, 7) is 5.23. The first kappa shape index (κ1) is 50.0. The number of hydrogen-bond acceptors (Lipinski definition) is 8. The van der Waals surface area contributed by atoms with E-state index >= 15 is 0 Å². The molecule has 0 spiro atoms. The Morgan fingerprint density at radius 1 is 0.821 bits per heavy atom. The van der Waals surface area contributed by atoms with Crippen LogP contribution in [0, 0.1) is 5.92 Å². The van der Waals surface area contributed by atoms with E-state index in [0.29, 0.717) is 48.5 Å². The summed E-state index contributed by atoms with van der Waals surface area (Å²) in [5.74, 6) is 0.749. The number of hydrogen-bond donors (Lipinski definition) is 5. The van der Waals surface area contributed by atoms with Crippen LogP contribution in [0.4, 0.5) is 0 Å². The highest BCUT2D eigenvalue weighted by atomic mass is 31.2. The number of amides is 1. The van der Waals surface area contributed by atoms with Gasteiger partial charge in [0.1, 0.15) is 23.5 Å². The molecule has 1 fully saturated rings.